The van der Waals surface area contributed by atoms with Crippen LogP contribution in [0.4, 0.5) is 32.0 Å². The summed E-state index contributed by atoms with van der Waals surface area (Å²) in [6.45, 7) is 4.64. The molecule has 1 nitrogen and oxygen atoms in total. The van der Waals surface area contributed by atoms with E-state index in [9.17, 15) is 0 Å². The Hall–Kier alpha value is -4.78. The van der Waals surface area contributed by atoms with Gasteiger partial charge in [0.15, 0.2) is 0 Å². The van der Waals surface area contributed by atoms with E-state index in [-0.39, 0.29) is 26.4 Å². The van der Waals surface area contributed by atoms with Gasteiger partial charge in [-0.1, -0.05) is 66.6 Å². The Morgan fingerprint density at radius 2 is 1.24 bits per heavy atom. The average molecular weight is 726 g/mol. The zero-order valence-corrected chi connectivity index (χ0v) is 29.7. The fraction of sp³-hybridized carbons (Fsp3) is 0.190. The number of allylic oxidation sites excluding steroid dienone is 2. The van der Waals surface area contributed by atoms with E-state index < -0.39 is 28.9 Å². The van der Waals surface area contributed by atoms with E-state index in [1.165, 1.54) is 19.9 Å². The standard InChI is InChI=1S/C42H29F6NS2/c1-22-23(2)50-33(20-16-25-9-10-29-12-11-27-7-6-8-28-15-19-31(25)37(29)36(27)28)35(22)39-38(40(43,44)42(47,48)41(39,45)46)32-21-34(51-24(32)3)26-13-17-30(18-14-26)49(4)5/h6-15,17-19,21H,1-5H3. The largest absolute Gasteiger partial charge is 0.380 e. The van der Waals surface area contributed by atoms with E-state index >= 15 is 26.3 Å². The van der Waals surface area contributed by atoms with Crippen LogP contribution in [0.3, 0.4) is 0 Å². The SMILES string of the molecule is Cc1sc(-c2ccc(N(C)C)cc2)cc1C1=C(c2c(C#Cc3ccc4ccc5cccc6ccc3c4c56)sc(C)c2C)C(F)(F)C(F)(F)C1(F)F. The van der Waals surface area contributed by atoms with Crippen molar-refractivity contribution in [1.29, 1.82) is 0 Å². The van der Waals surface area contributed by atoms with Crippen molar-refractivity contribution < 1.29 is 26.3 Å². The number of hydrogen-bond donors (Lipinski definition) is 0. The number of halogens is 6. The molecule has 5 aromatic carbocycles. The predicted octanol–water partition coefficient (Wildman–Crippen LogP) is 12.6. The van der Waals surface area contributed by atoms with Crippen LogP contribution in [-0.2, 0) is 0 Å². The molecule has 0 amide bonds. The lowest BCUT2D eigenvalue weighted by Crippen LogP contribution is -2.49. The number of hydrogen-bond acceptors (Lipinski definition) is 3. The third kappa shape index (κ3) is 4.76. The van der Waals surface area contributed by atoms with Crippen molar-refractivity contribution in [3.8, 4) is 22.3 Å². The maximum absolute atomic E-state index is 16.1. The van der Waals surface area contributed by atoms with Gasteiger partial charge >= 0.3 is 17.8 Å². The van der Waals surface area contributed by atoms with Gasteiger partial charge in [0.05, 0.1) is 4.88 Å². The van der Waals surface area contributed by atoms with Crippen molar-refractivity contribution in [1.82, 2.24) is 0 Å². The van der Waals surface area contributed by atoms with Crippen molar-refractivity contribution in [2.45, 2.75) is 38.5 Å². The minimum atomic E-state index is -5.67. The highest BCUT2D eigenvalue weighted by molar-refractivity contribution is 7.15. The summed E-state index contributed by atoms with van der Waals surface area (Å²) < 4.78 is 95.2. The molecule has 2 heterocycles. The lowest BCUT2D eigenvalue weighted by molar-refractivity contribution is -0.254. The first-order valence-corrected chi connectivity index (χ1v) is 17.8. The molecule has 0 saturated carbocycles. The average Bonchev–Trinajstić information content (AvgIpc) is 3.64. The molecule has 7 aromatic rings. The second kappa shape index (κ2) is 11.4. The van der Waals surface area contributed by atoms with E-state index in [1.54, 1.807) is 19.1 Å². The first-order chi connectivity index (χ1) is 24.1. The molecule has 51 heavy (non-hydrogen) atoms. The normalized spacial score (nSPS) is 16.4. The highest BCUT2D eigenvalue weighted by Crippen LogP contribution is 2.66. The number of benzene rings is 5. The molecule has 0 radical (unpaired) electrons. The molecule has 9 heteroatoms. The van der Waals surface area contributed by atoms with Crippen molar-refractivity contribution in [2.24, 2.45) is 0 Å². The van der Waals surface area contributed by atoms with Crippen LogP contribution in [-0.4, -0.2) is 31.9 Å². The van der Waals surface area contributed by atoms with Gasteiger partial charge in [-0.15, -0.1) is 22.7 Å². The maximum atomic E-state index is 16.1. The Morgan fingerprint density at radius 3 is 1.90 bits per heavy atom. The van der Waals surface area contributed by atoms with Crippen molar-refractivity contribution in [3.63, 3.8) is 0 Å². The fourth-order valence-corrected chi connectivity index (χ4v) is 9.24. The monoisotopic (exact) mass is 725 g/mol. The van der Waals surface area contributed by atoms with Crippen molar-refractivity contribution >= 4 is 71.8 Å². The molecule has 0 bridgehead atoms. The van der Waals surface area contributed by atoms with Gasteiger partial charge in [0.2, 0.25) is 0 Å². The van der Waals surface area contributed by atoms with E-state index in [0.717, 1.165) is 60.7 Å². The zero-order chi connectivity index (χ0) is 36.2. The van der Waals surface area contributed by atoms with Gasteiger partial charge in [-0.05, 0) is 100.0 Å². The van der Waals surface area contributed by atoms with E-state index in [4.69, 9.17) is 0 Å². The molecular weight excluding hydrogens is 697 g/mol. The number of aryl methyl sites for hydroxylation is 2. The van der Waals surface area contributed by atoms with Crippen LogP contribution in [0.2, 0.25) is 0 Å². The fourth-order valence-electron chi connectivity index (χ4n) is 7.19. The summed E-state index contributed by atoms with van der Waals surface area (Å²) in [5.41, 5.74) is -1.02. The van der Waals surface area contributed by atoms with Gasteiger partial charge in [0.25, 0.3) is 0 Å². The second-order valence-electron chi connectivity index (χ2n) is 13.2. The Morgan fingerprint density at radius 1 is 0.627 bits per heavy atom. The number of alkyl halides is 6. The Kier molecular flexibility index (Phi) is 7.43. The first kappa shape index (κ1) is 33.4. The molecule has 1 aliphatic rings. The zero-order valence-electron chi connectivity index (χ0n) is 28.1. The molecule has 2 aromatic heterocycles. The molecule has 0 saturated heterocycles. The van der Waals surface area contributed by atoms with Gasteiger partial charge in [-0.2, -0.15) is 26.3 Å². The van der Waals surface area contributed by atoms with E-state index in [1.807, 2.05) is 79.7 Å². The summed E-state index contributed by atoms with van der Waals surface area (Å²) in [6, 6.07) is 26.4. The third-order valence-electron chi connectivity index (χ3n) is 10.00. The van der Waals surface area contributed by atoms with Gasteiger partial charge < -0.3 is 4.90 Å². The van der Waals surface area contributed by atoms with Crippen LogP contribution in [0.25, 0.3) is 53.9 Å². The minimum absolute atomic E-state index is 0.0313. The van der Waals surface area contributed by atoms with E-state index in [0.29, 0.717) is 20.9 Å². The number of thiophene rings is 2. The molecule has 0 spiro atoms. The van der Waals surface area contributed by atoms with E-state index in [2.05, 4.69) is 17.9 Å². The molecule has 0 aliphatic heterocycles. The highest BCUT2D eigenvalue weighted by atomic mass is 32.1. The Balaban J connectivity index is 1.34. The topological polar surface area (TPSA) is 3.24 Å². The molecular formula is C42H29F6NS2. The lowest BCUT2D eigenvalue weighted by Gasteiger charge is -2.26. The molecule has 1 aliphatic carbocycles. The van der Waals surface area contributed by atoms with Crippen molar-refractivity contribution in [2.75, 3.05) is 19.0 Å². The lowest BCUT2D eigenvalue weighted by atomic mass is 9.91. The number of rotatable bonds is 4. The van der Waals surface area contributed by atoms with Crippen LogP contribution >= 0.6 is 22.7 Å². The summed E-state index contributed by atoms with van der Waals surface area (Å²) in [5, 5.41) is 6.05. The summed E-state index contributed by atoms with van der Waals surface area (Å²) >= 11 is 2.13. The molecule has 256 valence electrons. The number of anilines is 1. The van der Waals surface area contributed by atoms with Crippen LogP contribution < -0.4 is 4.90 Å². The maximum Gasteiger partial charge on any atom is 0.380 e. The van der Waals surface area contributed by atoms with Gasteiger partial charge in [0, 0.05) is 56.7 Å². The first-order valence-electron chi connectivity index (χ1n) is 16.2. The summed E-state index contributed by atoms with van der Waals surface area (Å²) in [6.07, 6.45) is 0. The predicted molar refractivity (Wildman–Crippen MR) is 200 cm³/mol. The molecule has 8 rings (SSSR count). The Bertz CT molecular complexity index is 2610. The minimum Gasteiger partial charge on any atom is -0.378 e. The van der Waals surface area contributed by atoms with Crippen LogP contribution in [0.5, 0.6) is 0 Å². The van der Waals surface area contributed by atoms with Gasteiger partial charge in [-0.25, -0.2) is 0 Å². The molecule has 0 unspecified atom stereocenters. The Labute approximate surface area is 298 Å². The van der Waals surface area contributed by atoms with Crippen LogP contribution in [0.1, 0.15) is 36.9 Å². The summed E-state index contributed by atoms with van der Waals surface area (Å²) in [7, 11) is 3.74. The molecule has 0 fully saturated rings. The second-order valence-corrected chi connectivity index (χ2v) is 15.7. The smallest absolute Gasteiger partial charge is 0.378 e. The molecule has 0 N–H and O–H groups in total. The summed E-state index contributed by atoms with van der Waals surface area (Å²) in [5.74, 6) is -9.94. The summed E-state index contributed by atoms with van der Waals surface area (Å²) in [4.78, 5) is 3.18. The van der Waals surface area contributed by atoms with Crippen LogP contribution in [0.15, 0.2) is 84.9 Å². The molecule has 0 atom stereocenters. The van der Waals surface area contributed by atoms with Gasteiger partial charge in [0.1, 0.15) is 0 Å². The van der Waals surface area contributed by atoms with Crippen molar-refractivity contribution in [3.05, 3.63) is 122 Å². The quantitative estimate of drug-likeness (QED) is 0.0992. The highest BCUT2D eigenvalue weighted by Gasteiger charge is 2.80. The van der Waals surface area contributed by atoms with Gasteiger partial charge in [-0.3, -0.25) is 0 Å². The number of nitrogens with zero attached hydrogens (tertiary/aromatic N) is 1. The van der Waals surface area contributed by atoms with Crippen LogP contribution in [0, 0.1) is 32.6 Å². The third-order valence-corrected chi connectivity index (χ3v) is 12.2.